The lowest BCUT2D eigenvalue weighted by atomic mass is 9.96. The third-order valence-corrected chi connectivity index (χ3v) is 5.18. The molecule has 7 heteroatoms. The highest BCUT2D eigenvalue weighted by atomic mass is 35.5. The molecule has 1 fully saturated rings. The van der Waals surface area contributed by atoms with Crippen molar-refractivity contribution in [1.82, 2.24) is 10.2 Å². The lowest BCUT2D eigenvalue weighted by molar-refractivity contribution is -0.126. The van der Waals surface area contributed by atoms with Crippen LogP contribution in [0.4, 0.5) is 0 Å². The molecule has 0 aliphatic carbocycles. The number of benzene rings is 1. The molecule has 0 saturated carbocycles. The van der Waals surface area contributed by atoms with Gasteiger partial charge in [-0.2, -0.15) is 12.6 Å². The Morgan fingerprint density at radius 3 is 2.75 bits per heavy atom. The second-order valence-electron chi connectivity index (χ2n) is 5.66. The number of thiol groups is 1. The fourth-order valence-electron chi connectivity index (χ4n) is 3.12. The van der Waals surface area contributed by atoms with E-state index >= 15 is 0 Å². The van der Waals surface area contributed by atoms with Crippen molar-refractivity contribution in [3.63, 3.8) is 0 Å². The average molecular weight is 392 g/mol. The number of carbonyl (C=O) groups is 1. The standard InChI is InChI=1S/C16H23Cl2N3O.CH4S/c1-2-11-6-8-21(9-7-19)15(11)16(22)20-10-12-4-3-5-13(17)14(12)18;1-2/h3-5,11,15H,2,6-10,19H2,1H3,(H,20,22);2H,1H3/t11-,15+;/m1./s1. The van der Waals surface area contributed by atoms with Gasteiger partial charge in [0.05, 0.1) is 16.1 Å². The fourth-order valence-corrected chi connectivity index (χ4v) is 3.51. The van der Waals surface area contributed by atoms with Crippen LogP contribution in [0.25, 0.3) is 0 Å². The number of nitrogens with zero attached hydrogens (tertiary/aromatic N) is 1. The topological polar surface area (TPSA) is 58.4 Å². The summed E-state index contributed by atoms with van der Waals surface area (Å²) in [6.07, 6.45) is 3.74. The molecule has 1 aliphatic heterocycles. The lowest BCUT2D eigenvalue weighted by Crippen LogP contribution is -2.47. The number of halogens is 2. The Hall–Kier alpha value is -0.460. The molecule has 4 nitrogen and oxygen atoms in total. The van der Waals surface area contributed by atoms with E-state index in [0.29, 0.717) is 29.1 Å². The largest absolute Gasteiger partial charge is 0.351 e. The number of nitrogens with two attached hydrogens (primary N) is 1. The molecule has 1 aliphatic rings. The molecule has 0 spiro atoms. The predicted octanol–water partition coefficient (Wildman–Crippen LogP) is 3.21. The van der Waals surface area contributed by atoms with Crippen LogP contribution in [0.1, 0.15) is 25.3 Å². The van der Waals surface area contributed by atoms with Gasteiger partial charge in [0, 0.05) is 19.6 Å². The van der Waals surface area contributed by atoms with Crippen LogP contribution in [-0.4, -0.2) is 42.7 Å². The Kier molecular flexibility index (Phi) is 10.1. The van der Waals surface area contributed by atoms with Gasteiger partial charge in [0.1, 0.15) is 0 Å². The maximum Gasteiger partial charge on any atom is 0.237 e. The first-order chi connectivity index (χ1) is 11.6. The van der Waals surface area contributed by atoms with E-state index in [0.717, 1.165) is 31.5 Å². The van der Waals surface area contributed by atoms with Crippen molar-refractivity contribution in [3.05, 3.63) is 33.8 Å². The summed E-state index contributed by atoms with van der Waals surface area (Å²) in [6.45, 7) is 4.78. The summed E-state index contributed by atoms with van der Waals surface area (Å²) >= 11 is 15.7. The summed E-state index contributed by atoms with van der Waals surface area (Å²) < 4.78 is 0. The summed E-state index contributed by atoms with van der Waals surface area (Å²) in [4.78, 5) is 14.8. The van der Waals surface area contributed by atoms with Crippen LogP contribution in [0.5, 0.6) is 0 Å². The number of hydrogen-bond donors (Lipinski definition) is 3. The van der Waals surface area contributed by atoms with Gasteiger partial charge < -0.3 is 11.1 Å². The van der Waals surface area contributed by atoms with Gasteiger partial charge in [-0.25, -0.2) is 0 Å². The SMILES string of the molecule is CC[C@@H]1CCN(CCN)[C@@H]1C(=O)NCc1cccc(Cl)c1Cl.CS. The molecule has 0 radical (unpaired) electrons. The van der Waals surface area contributed by atoms with Gasteiger partial charge in [0.25, 0.3) is 0 Å². The first-order valence-corrected chi connectivity index (χ1v) is 9.83. The molecule has 0 unspecified atom stereocenters. The van der Waals surface area contributed by atoms with E-state index in [1.165, 1.54) is 0 Å². The number of nitrogens with one attached hydrogen (secondary N) is 1. The highest BCUT2D eigenvalue weighted by molar-refractivity contribution is 7.79. The molecule has 24 heavy (non-hydrogen) atoms. The number of carbonyl (C=O) groups excluding carboxylic acids is 1. The molecule has 0 bridgehead atoms. The zero-order chi connectivity index (χ0) is 18.1. The third-order valence-electron chi connectivity index (χ3n) is 4.32. The summed E-state index contributed by atoms with van der Waals surface area (Å²) in [5, 5.41) is 4.00. The van der Waals surface area contributed by atoms with Gasteiger partial charge in [-0.05, 0) is 36.8 Å². The fraction of sp³-hybridized carbons (Fsp3) is 0.588. The number of rotatable bonds is 6. The van der Waals surface area contributed by atoms with E-state index in [9.17, 15) is 4.79 Å². The summed E-state index contributed by atoms with van der Waals surface area (Å²) in [5.41, 5.74) is 6.49. The van der Waals surface area contributed by atoms with E-state index in [1.54, 1.807) is 12.3 Å². The first-order valence-electron chi connectivity index (χ1n) is 8.17. The average Bonchev–Trinajstić information content (AvgIpc) is 3.01. The van der Waals surface area contributed by atoms with Gasteiger partial charge in [0.2, 0.25) is 5.91 Å². The molecular formula is C17H27Cl2N3OS. The van der Waals surface area contributed by atoms with Crippen molar-refractivity contribution >= 4 is 41.7 Å². The molecule has 2 atom stereocenters. The maximum atomic E-state index is 12.6. The van der Waals surface area contributed by atoms with Crippen molar-refractivity contribution in [2.75, 3.05) is 25.9 Å². The van der Waals surface area contributed by atoms with Crippen LogP contribution in [0.2, 0.25) is 10.0 Å². The maximum absolute atomic E-state index is 12.6. The minimum atomic E-state index is -0.0912. The van der Waals surface area contributed by atoms with Gasteiger partial charge in [-0.3, -0.25) is 9.69 Å². The number of hydrogen-bond acceptors (Lipinski definition) is 4. The molecule has 1 aromatic carbocycles. The second-order valence-corrected chi connectivity index (χ2v) is 6.44. The van der Waals surface area contributed by atoms with Gasteiger partial charge in [0.15, 0.2) is 0 Å². The van der Waals surface area contributed by atoms with Crippen molar-refractivity contribution in [2.45, 2.75) is 32.4 Å². The van der Waals surface area contributed by atoms with Crippen molar-refractivity contribution in [2.24, 2.45) is 11.7 Å². The van der Waals surface area contributed by atoms with E-state index in [1.807, 2.05) is 12.1 Å². The monoisotopic (exact) mass is 391 g/mol. The Bertz CT molecular complexity index is 531. The van der Waals surface area contributed by atoms with E-state index < -0.39 is 0 Å². The molecule has 1 aromatic rings. The van der Waals surface area contributed by atoms with Gasteiger partial charge in [-0.15, -0.1) is 0 Å². The number of amides is 1. The Balaban J connectivity index is 0.00000139. The zero-order valence-electron chi connectivity index (χ0n) is 14.3. The van der Waals surface area contributed by atoms with Crippen LogP contribution in [0.15, 0.2) is 18.2 Å². The summed E-state index contributed by atoms with van der Waals surface area (Å²) in [7, 11) is 0. The van der Waals surface area contributed by atoms with Crippen LogP contribution in [0, 0.1) is 5.92 Å². The van der Waals surface area contributed by atoms with Crippen molar-refractivity contribution in [3.8, 4) is 0 Å². The molecule has 1 saturated heterocycles. The second kappa shape index (κ2) is 11.2. The molecule has 1 heterocycles. The van der Waals surface area contributed by atoms with Crippen LogP contribution < -0.4 is 11.1 Å². The minimum absolute atomic E-state index is 0.0499. The predicted molar refractivity (Wildman–Crippen MR) is 106 cm³/mol. The van der Waals surface area contributed by atoms with Crippen LogP contribution >= 0.6 is 35.8 Å². The van der Waals surface area contributed by atoms with Crippen LogP contribution in [-0.2, 0) is 11.3 Å². The van der Waals surface area contributed by atoms with E-state index in [4.69, 9.17) is 28.9 Å². The molecule has 0 aromatic heterocycles. The Labute approximate surface area is 160 Å². The molecule has 1 amide bonds. The Morgan fingerprint density at radius 1 is 1.42 bits per heavy atom. The summed E-state index contributed by atoms with van der Waals surface area (Å²) in [5.74, 6) is 0.440. The van der Waals surface area contributed by atoms with Gasteiger partial charge in [-0.1, -0.05) is 48.7 Å². The quantitative estimate of drug-likeness (QED) is 0.652. The smallest absolute Gasteiger partial charge is 0.237 e. The van der Waals surface area contributed by atoms with Gasteiger partial charge >= 0.3 is 0 Å². The van der Waals surface area contributed by atoms with Crippen molar-refractivity contribution in [1.29, 1.82) is 0 Å². The molecule has 136 valence electrons. The van der Waals surface area contributed by atoms with E-state index in [2.05, 4.69) is 29.8 Å². The summed E-state index contributed by atoms with van der Waals surface area (Å²) in [6, 6.07) is 5.35. The zero-order valence-corrected chi connectivity index (χ0v) is 16.7. The minimum Gasteiger partial charge on any atom is -0.351 e. The Morgan fingerprint density at radius 2 is 2.12 bits per heavy atom. The number of likely N-dealkylation sites (tertiary alicyclic amines) is 1. The lowest BCUT2D eigenvalue weighted by Gasteiger charge is -2.26. The highest BCUT2D eigenvalue weighted by Crippen LogP contribution is 2.28. The molecular weight excluding hydrogens is 365 g/mol. The van der Waals surface area contributed by atoms with Crippen molar-refractivity contribution < 1.29 is 4.79 Å². The normalized spacial score (nSPS) is 20.4. The molecule has 2 rings (SSSR count). The third kappa shape index (κ3) is 5.53. The first kappa shape index (κ1) is 21.6. The highest BCUT2D eigenvalue weighted by Gasteiger charge is 2.37. The molecule has 3 N–H and O–H groups in total. The van der Waals surface area contributed by atoms with E-state index in [-0.39, 0.29) is 11.9 Å². The van der Waals surface area contributed by atoms with Crippen LogP contribution in [0.3, 0.4) is 0 Å².